The second-order valence-corrected chi connectivity index (χ2v) is 6.95. The summed E-state index contributed by atoms with van der Waals surface area (Å²) in [5.74, 6) is 0.0802. The fourth-order valence-electron chi connectivity index (χ4n) is 3.41. The summed E-state index contributed by atoms with van der Waals surface area (Å²) in [7, 11) is 2.15. The van der Waals surface area contributed by atoms with Crippen molar-refractivity contribution in [1.82, 2.24) is 15.1 Å². The highest BCUT2D eigenvalue weighted by atomic mass is 16.2. The highest BCUT2D eigenvalue weighted by Crippen LogP contribution is 2.22. The first-order valence-corrected chi connectivity index (χ1v) is 9.23. The van der Waals surface area contributed by atoms with Gasteiger partial charge in [0.05, 0.1) is 0 Å². The Hall–Kier alpha value is -1.92. The van der Waals surface area contributed by atoms with E-state index in [1.807, 2.05) is 18.2 Å². The average Bonchev–Trinajstić information content (AvgIpc) is 3.06. The zero-order valence-corrected chi connectivity index (χ0v) is 15.0. The molecule has 0 unspecified atom stereocenters. The lowest BCUT2D eigenvalue weighted by atomic mass is 10.1. The molecule has 0 saturated carbocycles. The standard InChI is InChI=1S/C19H28N4O2/c1-21-11-13-22(14-12-21)9-4-8-20-19(25)16-5-2-6-17(15-16)23-10-3-7-18(23)24/h2,5-6,15H,3-4,7-14H2,1H3,(H,20,25). The van der Waals surface area contributed by atoms with Crippen molar-refractivity contribution in [2.75, 3.05) is 57.8 Å². The maximum Gasteiger partial charge on any atom is 0.251 e. The molecule has 2 aliphatic rings. The molecule has 3 rings (SSSR count). The van der Waals surface area contributed by atoms with Crippen molar-refractivity contribution in [3.8, 4) is 0 Å². The third-order valence-corrected chi connectivity index (χ3v) is 5.03. The Morgan fingerprint density at radius 1 is 1.16 bits per heavy atom. The molecule has 136 valence electrons. The van der Waals surface area contributed by atoms with Gasteiger partial charge in [-0.25, -0.2) is 0 Å². The lowest BCUT2D eigenvalue weighted by molar-refractivity contribution is -0.117. The van der Waals surface area contributed by atoms with Gasteiger partial charge < -0.3 is 20.0 Å². The highest BCUT2D eigenvalue weighted by Gasteiger charge is 2.22. The Kier molecular flexibility index (Phi) is 6.04. The summed E-state index contributed by atoms with van der Waals surface area (Å²) in [5, 5.41) is 3.00. The maximum absolute atomic E-state index is 12.4. The van der Waals surface area contributed by atoms with Crippen molar-refractivity contribution < 1.29 is 9.59 Å². The predicted molar refractivity (Wildman–Crippen MR) is 98.9 cm³/mol. The van der Waals surface area contributed by atoms with E-state index in [9.17, 15) is 9.59 Å². The SMILES string of the molecule is CN1CCN(CCCNC(=O)c2cccc(N3CCCC3=O)c2)CC1. The average molecular weight is 344 g/mol. The molecule has 0 aromatic heterocycles. The van der Waals surface area contributed by atoms with E-state index < -0.39 is 0 Å². The molecule has 2 amide bonds. The Morgan fingerprint density at radius 3 is 2.68 bits per heavy atom. The van der Waals surface area contributed by atoms with Crippen LogP contribution in [0.5, 0.6) is 0 Å². The van der Waals surface area contributed by atoms with E-state index >= 15 is 0 Å². The lowest BCUT2D eigenvalue weighted by Gasteiger charge is -2.32. The van der Waals surface area contributed by atoms with Crippen LogP contribution < -0.4 is 10.2 Å². The molecule has 1 aromatic rings. The molecular weight excluding hydrogens is 316 g/mol. The fourth-order valence-corrected chi connectivity index (χ4v) is 3.41. The number of piperazine rings is 1. The summed E-state index contributed by atoms with van der Waals surface area (Å²) in [6.45, 7) is 6.90. The van der Waals surface area contributed by atoms with Crippen LogP contribution in [0.1, 0.15) is 29.6 Å². The van der Waals surface area contributed by atoms with Crippen molar-refractivity contribution in [2.24, 2.45) is 0 Å². The smallest absolute Gasteiger partial charge is 0.251 e. The monoisotopic (exact) mass is 344 g/mol. The number of benzene rings is 1. The van der Waals surface area contributed by atoms with Crippen molar-refractivity contribution >= 4 is 17.5 Å². The molecule has 2 heterocycles. The Balaban J connectivity index is 1.44. The minimum Gasteiger partial charge on any atom is -0.352 e. The van der Waals surface area contributed by atoms with Gasteiger partial charge in [0.2, 0.25) is 5.91 Å². The lowest BCUT2D eigenvalue weighted by Crippen LogP contribution is -2.45. The van der Waals surface area contributed by atoms with Crippen LogP contribution in [0.2, 0.25) is 0 Å². The first kappa shape index (κ1) is 17.9. The summed E-state index contributed by atoms with van der Waals surface area (Å²) in [6.07, 6.45) is 2.45. The number of carbonyl (C=O) groups is 2. The van der Waals surface area contributed by atoms with E-state index in [2.05, 4.69) is 22.2 Å². The van der Waals surface area contributed by atoms with Crippen LogP contribution in [-0.4, -0.2) is 74.5 Å². The molecule has 0 atom stereocenters. The number of anilines is 1. The first-order chi connectivity index (χ1) is 12.1. The number of rotatable bonds is 6. The molecular formula is C19H28N4O2. The molecule has 0 spiro atoms. The van der Waals surface area contributed by atoms with E-state index in [-0.39, 0.29) is 11.8 Å². The largest absolute Gasteiger partial charge is 0.352 e. The number of nitrogens with one attached hydrogen (secondary N) is 1. The molecule has 1 N–H and O–H groups in total. The van der Waals surface area contributed by atoms with Gasteiger partial charge >= 0.3 is 0 Å². The second-order valence-electron chi connectivity index (χ2n) is 6.95. The Labute approximate surface area is 149 Å². The number of likely N-dealkylation sites (N-methyl/N-ethyl adjacent to an activating group) is 1. The van der Waals surface area contributed by atoms with E-state index in [1.165, 1.54) is 0 Å². The van der Waals surface area contributed by atoms with Gasteiger partial charge in [-0.05, 0) is 44.6 Å². The number of amides is 2. The third kappa shape index (κ3) is 4.80. The normalized spacial score (nSPS) is 19.4. The summed E-state index contributed by atoms with van der Waals surface area (Å²) in [6, 6.07) is 7.37. The van der Waals surface area contributed by atoms with Crippen molar-refractivity contribution in [3.05, 3.63) is 29.8 Å². The molecule has 2 saturated heterocycles. The van der Waals surface area contributed by atoms with E-state index in [4.69, 9.17) is 0 Å². The summed E-state index contributed by atoms with van der Waals surface area (Å²) < 4.78 is 0. The van der Waals surface area contributed by atoms with Crippen LogP contribution in [0.4, 0.5) is 5.69 Å². The molecule has 6 heteroatoms. The second kappa shape index (κ2) is 8.45. The number of nitrogens with zero attached hydrogens (tertiary/aromatic N) is 3. The molecule has 6 nitrogen and oxygen atoms in total. The molecule has 2 fully saturated rings. The molecule has 0 bridgehead atoms. The van der Waals surface area contributed by atoms with Gasteiger partial charge in [-0.15, -0.1) is 0 Å². The molecule has 1 aromatic carbocycles. The zero-order valence-electron chi connectivity index (χ0n) is 15.0. The quantitative estimate of drug-likeness (QED) is 0.788. The first-order valence-electron chi connectivity index (χ1n) is 9.23. The van der Waals surface area contributed by atoms with Gasteiger partial charge in [-0.2, -0.15) is 0 Å². The maximum atomic E-state index is 12.4. The Bertz CT molecular complexity index is 611. The van der Waals surface area contributed by atoms with Gasteiger partial charge in [0.1, 0.15) is 0 Å². The molecule has 0 radical (unpaired) electrons. The number of carbonyl (C=O) groups excluding carboxylic acids is 2. The third-order valence-electron chi connectivity index (χ3n) is 5.03. The van der Waals surface area contributed by atoms with E-state index in [0.29, 0.717) is 18.5 Å². The molecule has 2 aliphatic heterocycles. The summed E-state index contributed by atoms with van der Waals surface area (Å²) in [5.41, 5.74) is 1.45. The van der Waals surface area contributed by atoms with Gasteiger partial charge in [-0.3, -0.25) is 9.59 Å². The van der Waals surface area contributed by atoms with Crippen molar-refractivity contribution in [3.63, 3.8) is 0 Å². The van der Waals surface area contributed by atoms with Crippen LogP contribution in [0.3, 0.4) is 0 Å². The van der Waals surface area contributed by atoms with E-state index in [0.717, 1.165) is 57.8 Å². The molecule has 0 aliphatic carbocycles. The minimum atomic E-state index is -0.0631. The fraction of sp³-hybridized carbons (Fsp3) is 0.579. The topological polar surface area (TPSA) is 55.9 Å². The van der Waals surface area contributed by atoms with Crippen LogP contribution in [0, 0.1) is 0 Å². The van der Waals surface area contributed by atoms with Crippen molar-refractivity contribution in [2.45, 2.75) is 19.3 Å². The molecule has 25 heavy (non-hydrogen) atoms. The number of hydrogen-bond donors (Lipinski definition) is 1. The van der Waals surface area contributed by atoms with Gasteiger partial charge in [0.25, 0.3) is 5.91 Å². The van der Waals surface area contributed by atoms with Crippen LogP contribution >= 0.6 is 0 Å². The van der Waals surface area contributed by atoms with Gasteiger partial charge in [-0.1, -0.05) is 6.07 Å². The predicted octanol–water partition coefficient (Wildman–Crippen LogP) is 1.18. The summed E-state index contributed by atoms with van der Waals surface area (Å²) >= 11 is 0. The van der Waals surface area contributed by atoms with Crippen LogP contribution in [-0.2, 0) is 4.79 Å². The Morgan fingerprint density at radius 2 is 1.96 bits per heavy atom. The van der Waals surface area contributed by atoms with Gasteiger partial charge in [0, 0.05) is 56.9 Å². The van der Waals surface area contributed by atoms with Crippen molar-refractivity contribution in [1.29, 1.82) is 0 Å². The number of hydrogen-bond acceptors (Lipinski definition) is 4. The van der Waals surface area contributed by atoms with E-state index in [1.54, 1.807) is 11.0 Å². The summed E-state index contributed by atoms with van der Waals surface area (Å²) in [4.78, 5) is 30.8. The van der Waals surface area contributed by atoms with Crippen LogP contribution in [0.25, 0.3) is 0 Å². The highest BCUT2D eigenvalue weighted by molar-refractivity contribution is 5.99. The minimum absolute atomic E-state index is 0.0631. The zero-order chi connectivity index (χ0) is 17.6. The van der Waals surface area contributed by atoms with Crippen LogP contribution in [0.15, 0.2) is 24.3 Å². The van der Waals surface area contributed by atoms with Gasteiger partial charge in [0.15, 0.2) is 0 Å².